The molecule has 0 amide bonds. The largest absolute Gasteiger partial charge is 0.298 e. The Morgan fingerprint density at radius 3 is 2.80 bits per heavy atom. The van der Waals surface area contributed by atoms with E-state index in [4.69, 9.17) is 0 Å². The van der Waals surface area contributed by atoms with Gasteiger partial charge in [0.2, 0.25) is 10.0 Å². The minimum atomic E-state index is -3.07. The van der Waals surface area contributed by atoms with Crippen LogP contribution >= 0.6 is 0 Å². The van der Waals surface area contributed by atoms with E-state index in [2.05, 4.69) is 16.2 Å². The molecule has 1 rings (SSSR count). The highest BCUT2D eigenvalue weighted by atomic mass is 32.2. The Bertz CT molecular complexity index is 324. The molecule has 1 N–H and O–H groups in total. The standard InChI is InChI=1S/C10H20N2O2S/c1-9(2)7-12-6-4-5-10(8-12)11-15(3,13)14/h10-11H,1,4-8H2,2-3H3/t10-/m1/s1. The van der Waals surface area contributed by atoms with Gasteiger partial charge in [-0.2, -0.15) is 0 Å². The third-order valence-corrected chi connectivity index (χ3v) is 3.14. The fourth-order valence-electron chi connectivity index (χ4n) is 1.98. The Kier molecular flexibility index (Phi) is 4.31. The number of likely N-dealkylation sites (tertiary alicyclic amines) is 1. The SMILES string of the molecule is C=C(C)CN1CCC[C@@H](NS(C)(=O)=O)C1. The van der Waals surface area contributed by atoms with Crippen LogP contribution in [0.15, 0.2) is 12.2 Å². The summed E-state index contributed by atoms with van der Waals surface area (Å²) < 4.78 is 24.8. The molecule has 1 atom stereocenters. The molecule has 0 aromatic carbocycles. The molecule has 0 aromatic rings. The molecule has 1 aliphatic rings. The van der Waals surface area contributed by atoms with Gasteiger partial charge in [0.15, 0.2) is 0 Å². The summed E-state index contributed by atoms with van der Waals surface area (Å²) in [7, 11) is -3.07. The molecule has 5 heteroatoms. The van der Waals surface area contributed by atoms with Crippen LogP contribution in [0.2, 0.25) is 0 Å². The first-order valence-electron chi connectivity index (χ1n) is 5.21. The Hall–Kier alpha value is -0.390. The van der Waals surface area contributed by atoms with E-state index >= 15 is 0 Å². The number of hydrogen-bond acceptors (Lipinski definition) is 3. The lowest BCUT2D eigenvalue weighted by Gasteiger charge is -2.32. The van der Waals surface area contributed by atoms with Gasteiger partial charge in [0.1, 0.15) is 0 Å². The van der Waals surface area contributed by atoms with E-state index in [1.807, 2.05) is 6.92 Å². The summed E-state index contributed by atoms with van der Waals surface area (Å²) >= 11 is 0. The second-order valence-corrected chi connectivity index (χ2v) is 6.20. The second kappa shape index (κ2) is 5.09. The summed E-state index contributed by atoms with van der Waals surface area (Å²) in [5.41, 5.74) is 1.12. The van der Waals surface area contributed by atoms with Crippen molar-refractivity contribution in [1.82, 2.24) is 9.62 Å². The van der Waals surface area contributed by atoms with Crippen molar-refractivity contribution >= 4 is 10.0 Å². The summed E-state index contributed by atoms with van der Waals surface area (Å²) in [5.74, 6) is 0. The monoisotopic (exact) mass is 232 g/mol. The van der Waals surface area contributed by atoms with Crippen molar-refractivity contribution in [2.75, 3.05) is 25.9 Å². The van der Waals surface area contributed by atoms with Crippen molar-refractivity contribution in [1.29, 1.82) is 0 Å². The first kappa shape index (κ1) is 12.7. The smallest absolute Gasteiger partial charge is 0.208 e. The van der Waals surface area contributed by atoms with Crippen molar-refractivity contribution < 1.29 is 8.42 Å². The first-order chi connectivity index (χ1) is 6.87. The molecule has 0 radical (unpaired) electrons. The van der Waals surface area contributed by atoms with Crippen molar-refractivity contribution in [2.24, 2.45) is 0 Å². The van der Waals surface area contributed by atoms with Crippen LogP contribution in [0.1, 0.15) is 19.8 Å². The molecular weight excluding hydrogens is 212 g/mol. The highest BCUT2D eigenvalue weighted by Gasteiger charge is 2.21. The predicted molar refractivity (Wildman–Crippen MR) is 62.3 cm³/mol. The van der Waals surface area contributed by atoms with Crippen molar-refractivity contribution in [3.05, 3.63) is 12.2 Å². The van der Waals surface area contributed by atoms with E-state index in [9.17, 15) is 8.42 Å². The van der Waals surface area contributed by atoms with Crippen LogP contribution in [-0.2, 0) is 10.0 Å². The summed E-state index contributed by atoms with van der Waals surface area (Å²) in [6, 6.07) is 0.0631. The number of rotatable bonds is 4. The summed E-state index contributed by atoms with van der Waals surface area (Å²) in [6.45, 7) is 8.55. The third kappa shape index (κ3) is 5.30. The molecule has 0 bridgehead atoms. The Balaban J connectivity index is 2.45. The lowest BCUT2D eigenvalue weighted by Crippen LogP contribution is -2.47. The third-order valence-electron chi connectivity index (χ3n) is 2.38. The number of sulfonamides is 1. The fraction of sp³-hybridized carbons (Fsp3) is 0.800. The molecule has 1 saturated heterocycles. The molecule has 0 aliphatic carbocycles. The lowest BCUT2D eigenvalue weighted by molar-refractivity contribution is 0.217. The van der Waals surface area contributed by atoms with Crippen LogP contribution in [0, 0.1) is 0 Å². The molecule has 0 saturated carbocycles. The van der Waals surface area contributed by atoms with Gasteiger partial charge in [0, 0.05) is 19.1 Å². The Morgan fingerprint density at radius 1 is 1.60 bits per heavy atom. The number of hydrogen-bond donors (Lipinski definition) is 1. The second-order valence-electron chi connectivity index (χ2n) is 4.42. The van der Waals surface area contributed by atoms with E-state index in [1.54, 1.807) is 0 Å². The van der Waals surface area contributed by atoms with Gasteiger partial charge in [-0.25, -0.2) is 13.1 Å². The maximum absolute atomic E-state index is 11.1. The predicted octanol–water partition coefficient (Wildman–Crippen LogP) is 0.576. The molecular formula is C10H20N2O2S. The van der Waals surface area contributed by atoms with Crippen molar-refractivity contribution in [3.63, 3.8) is 0 Å². The quantitative estimate of drug-likeness (QED) is 0.721. The molecule has 0 unspecified atom stereocenters. The van der Waals surface area contributed by atoms with Crippen LogP contribution in [-0.4, -0.2) is 45.2 Å². The van der Waals surface area contributed by atoms with Crippen LogP contribution in [0.4, 0.5) is 0 Å². The summed E-state index contributed by atoms with van der Waals surface area (Å²) in [4.78, 5) is 2.24. The van der Waals surface area contributed by atoms with Gasteiger partial charge in [0.05, 0.1) is 6.26 Å². The normalized spacial score (nSPS) is 24.0. The van der Waals surface area contributed by atoms with Crippen LogP contribution < -0.4 is 4.72 Å². The van der Waals surface area contributed by atoms with Crippen LogP contribution in [0.25, 0.3) is 0 Å². The first-order valence-corrected chi connectivity index (χ1v) is 7.10. The maximum atomic E-state index is 11.1. The Morgan fingerprint density at radius 2 is 2.27 bits per heavy atom. The van der Waals surface area contributed by atoms with Crippen LogP contribution in [0.5, 0.6) is 0 Å². The molecule has 1 heterocycles. The van der Waals surface area contributed by atoms with E-state index < -0.39 is 10.0 Å². The zero-order valence-corrected chi connectivity index (χ0v) is 10.3. The maximum Gasteiger partial charge on any atom is 0.208 e. The van der Waals surface area contributed by atoms with Gasteiger partial charge in [-0.1, -0.05) is 12.2 Å². The molecule has 0 spiro atoms. The zero-order chi connectivity index (χ0) is 11.5. The van der Waals surface area contributed by atoms with E-state index in [-0.39, 0.29) is 6.04 Å². The lowest BCUT2D eigenvalue weighted by atomic mass is 10.1. The minimum Gasteiger partial charge on any atom is -0.298 e. The van der Waals surface area contributed by atoms with Gasteiger partial charge in [0.25, 0.3) is 0 Å². The molecule has 15 heavy (non-hydrogen) atoms. The van der Waals surface area contributed by atoms with Gasteiger partial charge in [-0.05, 0) is 26.3 Å². The van der Waals surface area contributed by atoms with Gasteiger partial charge in [-0.3, -0.25) is 4.90 Å². The minimum absolute atomic E-state index is 0.0631. The Labute approximate surface area is 92.4 Å². The molecule has 4 nitrogen and oxygen atoms in total. The number of nitrogens with one attached hydrogen (secondary N) is 1. The number of piperidine rings is 1. The summed E-state index contributed by atoms with van der Waals surface area (Å²) in [6.07, 6.45) is 3.19. The topological polar surface area (TPSA) is 49.4 Å². The average Bonchev–Trinajstić information content (AvgIpc) is 1.99. The van der Waals surface area contributed by atoms with Gasteiger partial charge < -0.3 is 0 Å². The summed E-state index contributed by atoms with van der Waals surface area (Å²) in [5, 5.41) is 0. The molecule has 0 aromatic heterocycles. The molecule has 1 fully saturated rings. The highest BCUT2D eigenvalue weighted by Crippen LogP contribution is 2.11. The van der Waals surface area contributed by atoms with E-state index in [0.717, 1.165) is 38.0 Å². The van der Waals surface area contributed by atoms with Gasteiger partial charge >= 0.3 is 0 Å². The zero-order valence-electron chi connectivity index (χ0n) is 9.49. The van der Waals surface area contributed by atoms with Crippen molar-refractivity contribution in [2.45, 2.75) is 25.8 Å². The molecule has 88 valence electrons. The number of nitrogens with zero attached hydrogens (tertiary/aromatic N) is 1. The van der Waals surface area contributed by atoms with Crippen molar-refractivity contribution in [3.8, 4) is 0 Å². The highest BCUT2D eigenvalue weighted by molar-refractivity contribution is 7.88. The van der Waals surface area contributed by atoms with E-state index in [1.165, 1.54) is 6.26 Å². The van der Waals surface area contributed by atoms with E-state index in [0.29, 0.717) is 0 Å². The fourth-order valence-corrected chi connectivity index (χ4v) is 2.78. The average molecular weight is 232 g/mol. The van der Waals surface area contributed by atoms with Gasteiger partial charge in [-0.15, -0.1) is 0 Å². The molecule has 1 aliphatic heterocycles. The van der Waals surface area contributed by atoms with Crippen LogP contribution in [0.3, 0.4) is 0 Å².